The highest BCUT2D eigenvalue weighted by Gasteiger charge is 2.70. The van der Waals surface area contributed by atoms with Gasteiger partial charge in [0.1, 0.15) is 0 Å². The maximum Gasteiger partial charge on any atom is 0.254 e. The molecule has 14 heavy (non-hydrogen) atoms. The summed E-state index contributed by atoms with van der Waals surface area (Å²) in [6.07, 6.45) is 3.63. The number of nitrogens with one attached hydrogen (secondary N) is 1. The molecule has 0 amide bonds. The standard InChI is InChI=1S/C11H19F2N/c1-2-14-7-9-3-5-10(6-4-9)8-11(10,12)13/h9,14H,2-8H2,1H3. The Morgan fingerprint density at radius 2 is 1.86 bits per heavy atom. The minimum absolute atomic E-state index is 0.161. The van der Waals surface area contributed by atoms with Crippen LogP contribution in [0.1, 0.15) is 39.0 Å². The lowest BCUT2D eigenvalue weighted by atomic mass is 9.79. The molecule has 0 saturated heterocycles. The molecule has 0 radical (unpaired) electrons. The molecule has 2 aliphatic rings. The molecule has 1 spiro atoms. The Bertz CT molecular complexity index is 207. The van der Waals surface area contributed by atoms with Gasteiger partial charge in [-0.3, -0.25) is 0 Å². The smallest absolute Gasteiger partial charge is 0.254 e. The summed E-state index contributed by atoms with van der Waals surface area (Å²) in [4.78, 5) is 0. The van der Waals surface area contributed by atoms with Gasteiger partial charge in [-0.25, -0.2) is 8.78 Å². The molecule has 1 nitrogen and oxygen atoms in total. The molecule has 0 aromatic heterocycles. The molecular formula is C11H19F2N. The normalized spacial score (nSPS) is 40.1. The number of halogens is 2. The molecule has 3 heteroatoms. The fraction of sp³-hybridized carbons (Fsp3) is 1.00. The Morgan fingerprint density at radius 1 is 1.29 bits per heavy atom. The first-order valence-corrected chi connectivity index (χ1v) is 5.68. The zero-order chi connectivity index (χ0) is 10.2. The summed E-state index contributed by atoms with van der Waals surface area (Å²) in [7, 11) is 0. The SMILES string of the molecule is CCNCC1CCC2(CC1)CC2(F)F. The van der Waals surface area contributed by atoms with Crippen molar-refractivity contribution in [3.05, 3.63) is 0 Å². The molecular weight excluding hydrogens is 184 g/mol. The molecule has 0 aromatic carbocycles. The molecule has 1 N–H and O–H groups in total. The first kappa shape index (κ1) is 10.3. The number of rotatable bonds is 3. The van der Waals surface area contributed by atoms with Gasteiger partial charge < -0.3 is 5.32 Å². The molecule has 0 aliphatic heterocycles. The Morgan fingerprint density at radius 3 is 2.29 bits per heavy atom. The van der Waals surface area contributed by atoms with Crippen LogP contribution in [0, 0.1) is 11.3 Å². The van der Waals surface area contributed by atoms with E-state index in [4.69, 9.17) is 0 Å². The van der Waals surface area contributed by atoms with Crippen LogP contribution in [0.2, 0.25) is 0 Å². The largest absolute Gasteiger partial charge is 0.317 e. The van der Waals surface area contributed by atoms with Gasteiger partial charge in [0.25, 0.3) is 5.92 Å². The minimum atomic E-state index is -2.32. The van der Waals surface area contributed by atoms with E-state index in [1.807, 2.05) is 0 Å². The first-order chi connectivity index (χ1) is 6.60. The Labute approximate surface area is 84.3 Å². The molecule has 2 rings (SSSR count). The van der Waals surface area contributed by atoms with E-state index in [1.54, 1.807) is 0 Å². The third-order valence-electron chi connectivity index (χ3n) is 3.96. The van der Waals surface area contributed by atoms with Gasteiger partial charge in [-0.2, -0.15) is 0 Å². The van der Waals surface area contributed by atoms with Crippen LogP contribution in [-0.2, 0) is 0 Å². The molecule has 0 heterocycles. The fourth-order valence-electron chi connectivity index (χ4n) is 2.71. The van der Waals surface area contributed by atoms with E-state index in [2.05, 4.69) is 12.2 Å². The van der Waals surface area contributed by atoms with Crippen molar-refractivity contribution in [2.75, 3.05) is 13.1 Å². The zero-order valence-electron chi connectivity index (χ0n) is 8.78. The maximum absolute atomic E-state index is 13.0. The Hall–Kier alpha value is -0.180. The van der Waals surface area contributed by atoms with Crippen LogP contribution in [0.5, 0.6) is 0 Å². The van der Waals surface area contributed by atoms with Gasteiger partial charge in [0, 0.05) is 11.8 Å². The summed E-state index contributed by atoms with van der Waals surface area (Å²) in [6.45, 7) is 4.08. The summed E-state index contributed by atoms with van der Waals surface area (Å²) in [5, 5.41) is 3.30. The van der Waals surface area contributed by atoms with Gasteiger partial charge in [-0.05, 0) is 44.7 Å². The van der Waals surface area contributed by atoms with Gasteiger partial charge >= 0.3 is 0 Å². The third-order valence-corrected chi connectivity index (χ3v) is 3.96. The second-order valence-corrected chi connectivity index (χ2v) is 4.91. The van der Waals surface area contributed by atoms with Crippen molar-refractivity contribution in [3.8, 4) is 0 Å². The van der Waals surface area contributed by atoms with Gasteiger partial charge in [-0.1, -0.05) is 6.92 Å². The predicted molar refractivity (Wildman–Crippen MR) is 52.5 cm³/mol. The minimum Gasteiger partial charge on any atom is -0.317 e. The van der Waals surface area contributed by atoms with E-state index in [0.717, 1.165) is 38.8 Å². The summed E-state index contributed by atoms with van der Waals surface area (Å²) < 4.78 is 26.1. The fourth-order valence-corrected chi connectivity index (χ4v) is 2.71. The van der Waals surface area contributed by atoms with Crippen LogP contribution < -0.4 is 5.32 Å². The second kappa shape index (κ2) is 3.44. The average Bonchev–Trinajstić information content (AvgIpc) is 2.67. The van der Waals surface area contributed by atoms with Crippen LogP contribution in [0.15, 0.2) is 0 Å². The van der Waals surface area contributed by atoms with Crippen molar-refractivity contribution in [3.63, 3.8) is 0 Å². The van der Waals surface area contributed by atoms with Crippen molar-refractivity contribution in [2.45, 2.75) is 45.0 Å². The molecule has 0 atom stereocenters. The van der Waals surface area contributed by atoms with Gasteiger partial charge in [0.2, 0.25) is 0 Å². The number of alkyl halides is 2. The average molecular weight is 203 g/mol. The zero-order valence-corrected chi connectivity index (χ0v) is 8.78. The molecule has 0 unspecified atom stereocenters. The van der Waals surface area contributed by atoms with E-state index in [1.165, 1.54) is 0 Å². The summed E-state index contributed by atoms with van der Waals surface area (Å²) in [5.41, 5.74) is -0.560. The van der Waals surface area contributed by atoms with Crippen molar-refractivity contribution in [2.24, 2.45) is 11.3 Å². The Balaban J connectivity index is 1.77. The maximum atomic E-state index is 13.0. The van der Waals surface area contributed by atoms with Crippen molar-refractivity contribution in [1.82, 2.24) is 5.32 Å². The number of hydrogen-bond donors (Lipinski definition) is 1. The summed E-state index contributed by atoms with van der Waals surface area (Å²) >= 11 is 0. The lowest BCUT2D eigenvalue weighted by Crippen LogP contribution is -2.28. The highest BCUT2D eigenvalue weighted by atomic mass is 19.3. The topological polar surface area (TPSA) is 12.0 Å². The molecule has 0 bridgehead atoms. The van der Waals surface area contributed by atoms with Crippen LogP contribution in [0.25, 0.3) is 0 Å². The molecule has 2 aliphatic carbocycles. The summed E-state index contributed by atoms with van der Waals surface area (Å²) in [5.74, 6) is -1.69. The molecule has 2 saturated carbocycles. The highest BCUT2D eigenvalue weighted by molar-refractivity contribution is 5.11. The molecule has 0 aromatic rings. The Kier molecular flexibility index (Phi) is 2.54. The van der Waals surface area contributed by atoms with Gasteiger partial charge in [0.15, 0.2) is 0 Å². The molecule has 82 valence electrons. The van der Waals surface area contributed by atoms with E-state index in [-0.39, 0.29) is 6.42 Å². The third kappa shape index (κ3) is 1.67. The number of hydrogen-bond acceptors (Lipinski definition) is 1. The lowest BCUT2D eigenvalue weighted by Gasteiger charge is -2.28. The van der Waals surface area contributed by atoms with Gasteiger partial charge in [-0.15, -0.1) is 0 Å². The van der Waals surface area contributed by atoms with Crippen molar-refractivity contribution < 1.29 is 8.78 Å². The first-order valence-electron chi connectivity index (χ1n) is 5.68. The van der Waals surface area contributed by atoms with Gasteiger partial charge in [0.05, 0.1) is 0 Å². The second-order valence-electron chi connectivity index (χ2n) is 4.91. The summed E-state index contributed by atoms with van der Waals surface area (Å²) in [6, 6.07) is 0. The van der Waals surface area contributed by atoms with E-state index in [9.17, 15) is 8.78 Å². The molecule has 2 fully saturated rings. The lowest BCUT2D eigenvalue weighted by molar-refractivity contribution is 0.0406. The van der Waals surface area contributed by atoms with Crippen molar-refractivity contribution in [1.29, 1.82) is 0 Å². The predicted octanol–water partition coefficient (Wildman–Crippen LogP) is 2.81. The van der Waals surface area contributed by atoms with E-state index in [0.29, 0.717) is 5.92 Å². The monoisotopic (exact) mass is 203 g/mol. The van der Waals surface area contributed by atoms with Crippen LogP contribution >= 0.6 is 0 Å². The van der Waals surface area contributed by atoms with E-state index >= 15 is 0 Å². The van der Waals surface area contributed by atoms with Crippen LogP contribution in [-0.4, -0.2) is 19.0 Å². The van der Waals surface area contributed by atoms with Crippen LogP contribution in [0.3, 0.4) is 0 Å². The van der Waals surface area contributed by atoms with E-state index < -0.39 is 11.3 Å². The quantitative estimate of drug-likeness (QED) is 0.743. The van der Waals surface area contributed by atoms with Crippen LogP contribution in [0.4, 0.5) is 8.78 Å². The van der Waals surface area contributed by atoms with Crippen molar-refractivity contribution >= 4 is 0 Å². The highest BCUT2D eigenvalue weighted by Crippen LogP contribution is 2.67.